The van der Waals surface area contributed by atoms with Crippen LogP contribution < -0.4 is 0 Å². The van der Waals surface area contributed by atoms with Gasteiger partial charge in [0.15, 0.2) is 0 Å². The van der Waals surface area contributed by atoms with Gasteiger partial charge in [-0.25, -0.2) is 0 Å². The maximum Gasteiger partial charge on any atom is 0.254 e. The summed E-state index contributed by atoms with van der Waals surface area (Å²) in [6, 6.07) is 5.76. The van der Waals surface area contributed by atoms with Gasteiger partial charge in [0.1, 0.15) is 0 Å². The largest absolute Gasteiger partial charge is 0.339 e. The monoisotopic (exact) mass is 347 g/mol. The quantitative estimate of drug-likeness (QED) is 0.757. The maximum atomic E-state index is 12.2. The number of alkyl halides is 1. The zero-order chi connectivity index (χ0) is 12.1. The Balaban J connectivity index is 3.07. The molecule has 0 N–H and O–H groups in total. The molecular weight excluding hydrogens is 334 g/mol. The summed E-state index contributed by atoms with van der Waals surface area (Å²) >= 11 is 6.82. The summed E-state index contributed by atoms with van der Waals surface area (Å²) in [5, 5.41) is 0.689. The SMILES string of the molecule is CCN(CC)C(=O)c1ccc(Br)cc1CBr. The van der Waals surface area contributed by atoms with Gasteiger partial charge in [0.2, 0.25) is 0 Å². The molecular formula is C12H15Br2NO. The molecule has 0 aromatic heterocycles. The Hall–Kier alpha value is -0.350. The van der Waals surface area contributed by atoms with Gasteiger partial charge in [0.05, 0.1) is 0 Å². The molecule has 0 fully saturated rings. The summed E-state index contributed by atoms with van der Waals surface area (Å²) in [6.45, 7) is 5.47. The number of nitrogens with zero attached hydrogens (tertiary/aromatic N) is 1. The van der Waals surface area contributed by atoms with E-state index in [1.54, 1.807) is 0 Å². The van der Waals surface area contributed by atoms with Gasteiger partial charge in [-0.3, -0.25) is 4.79 Å². The van der Waals surface area contributed by atoms with Crippen molar-refractivity contribution in [2.24, 2.45) is 0 Å². The van der Waals surface area contributed by atoms with E-state index in [0.29, 0.717) is 5.33 Å². The molecule has 0 aliphatic carbocycles. The van der Waals surface area contributed by atoms with E-state index in [1.165, 1.54) is 0 Å². The fraction of sp³-hybridized carbons (Fsp3) is 0.417. The highest BCUT2D eigenvalue weighted by Gasteiger charge is 2.15. The smallest absolute Gasteiger partial charge is 0.254 e. The Labute approximate surface area is 113 Å². The lowest BCUT2D eigenvalue weighted by Crippen LogP contribution is -2.31. The second kappa shape index (κ2) is 6.40. The molecule has 88 valence electrons. The second-order valence-electron chi connectivity index (χ2n) is 3.41. The number of halogens is 2. The number of amides is 1. The van der Waals surface area contributed by atoms with E-state index in [4.69, 9.17) is 0 Å². The minimum atomic E-state index is 0.104. The van der Waals surface area contributed by atoms with Crippen molar-refractivity contribution >= 4 is 37.8 Å². The third-order valence-electron chi connectivity index (χ3n) is 2.49. The Morgan fingerprint density at radius 3 is 2.44 bits per heavy atom. The lowest BCUT2D eigenvalue weighted by atomic mass is 10.1. The summed E-state index contributed by atoms with van der Waals surface area (Å²) in [6.07, 6.45) is 0. The fourth-order valence-corrected chi connectivity index (χ4v) is 2.44. The van der Waals surface area contributed by atoms with Crippen molar-refractivity contribution in [3.63, 3.8) is 0 Å². The lowest BCUT2D eigenvalue weighted by molar-refractivity contribution is 0.0772. The van der Waals surface area contributed by atoms with Crippen LogP contribution in [0.5, 0.6) is 0 Å². The van der Waals surface area contributed by atoms with E-state index in [1.807, 2.05) is 36.9 Å². The van der Waals surface area contributed by atoms with Crippen molar-refractivity contribution in [1.29, 1.82) is 0 Å². The summed E-state index contributed by atoms with van der Waals surface area (Å²) in [4.78, 5) is 14.0. The van der Waals surface area contributed by atoms with Crippen molar-refractivity contribution in [1.82, 2.24) is 4.90 Å². The third kappa shape index (κ3) is 3.08. The first-order valence-corrected chi connectivity index (χ1v) is 7.19. The minimum absolute atomic E-state index is 0.104. The first-order chi connectivity index (χ1) is 7.63. The molecule has 2 nitrogen and oxygen atoms in total. The highest BCUT2D eigenvalue weighted by atomic mass is 79.9. The molecule has 1 rings (SSSR count). The lowest BCUT2D eigenvalue weighted by Gasteiger charge is -2.20. The van der Waals surface area contributed by atoms with Crippen LogP contribution in [0, 0.1) is 0 Å². The molecule has 1 aromatic carbocycles. The van der Waals surface area contributed by atoms with E-state index in [0.717, 1.165) is 28.7 Å². The number of benzene rings is 1. The van der Waals surface area contributed by atoms with Crippen LogP contribution >= 0.6 is 31.9 Å². The van der Waals surface area contributed by atoms with Crippen LogP contribution in [0.4, 0.5) is 0 Å². The first kappa shape index (κ1) is 13.7. The molecule has 0 spiro atoms. The number of carbonyl (C=O) groups is 1. The standard InChI is InChI=1S/C12H15Br2NO/c1-3-15(4-2)12(16)11-6-5-10(14)7-9(11)8-13/h5-7H,3-4,8H2,1-2H3. The molecule has 16 heavy (non-hydrogen) atoms. The molecule has 1 aromatic rings. The summed E-state index contributed by atoms with van der Waals surface area (Å²) in [5.41, 5.74) is 1.80. The highest BCUT2D eigenvalue weighted by molar-refractivity contribution is 9.10. The third-order valence-corrected chi connectivity index (χ3v) is 3.59. The van der Waals surface area contributed by atoms with Crippen LogP contribution in [-0.4, -0.2) is 23.9 Å². The predicted molar refractivity (Wildman–Crippen MR) is 74.0 cm³/mol. The molecule has 0 aliphatic rings. The van der Waals surface area contributed by atoms with Gasteiger partial charge in [-0.05, 0) is 37.6 Å². The first-order valence-electron chi connectivity index (χ1n) is 5.27. The Kier molecular flexibility index (Phi) is 5.49. The zero-order valence-electron chi connectivity index (χ0n) is 9.46. The molecule has 0 saturated heterocycles. The van der Waals surface area contributed by atoms with E-state index >= 15 is 0 Å². The molecule has 4 heteroatoms. The van der Waals surface area contributed by atoms with Gasteiger partial charge in [-0.1, -0.05) is 31.9 Å². The van der Waals surface area contributed by atoms with Crippen molar-refractivity contribution < 1.29 is 4.79 Å². The molecule has 0 unspecified atom stereocenters. The molecule has 0 radical (unpaired) electrons. The summed E-state index contributed by atoms with van der Waals surface area (Å²) < 4.78 is 0.998. The minimum Gasteiger partial charge on any atom is -0.339 e. The van der Waals surface area contributed by atoms with Crippen molar-refractivity contribution in [2.75, 3.05) is 13.1 Å². The average molecular weight is 349 g/mol. The zero-order valence-corrected chi connectivity index (χ0v) is 12.6. The van der Waals surface area contributed by atoms with Crippen molar-refractivity contribution in [2.45, 2.75) is 19.2 Å². The van der Waals surface area contributed by atoms with Gasteiger partial charge >= 0.3 is 0 Å². The predicted octanol–water partition coefficient (Wildman–Crippen LogP) is 3.83. The molecule has 0 atom stereocenters. The van der Waals surface area contributed by atoms with E-state index in [9.17, 15) is 4.79 Å². The number of rotatable bonds is 4. The highest BCUT2D eigenvalue weighted by Crippen LogP contribution is 2.20. The fourth-order valence-electron chi connectivity index (χ4n) is 1.56. The normalized spacial score (nSPS) is 10.2. The molecule has 1 amide bonds. The summed E-state index contributed by atoms with van der Waals surface area (Å²) in [7, 11) is 0. The van der Waals surface area contributed by atoms with Crippen LogP contribution in [-0.2, 0) is 5.33 Å². The number of carbonyl (C=O) groups excluding carboxylic acids is 1. The van der Waals surface area contributed by atoms with Gasteiger partial charge in [-0.2, -0.15) is 0 Å². The Bertz CT molecular complexity index is 375. The molecule has 0 bridgehead atoms. The molecule has 0 saturated carbocycles. The van der Waals surface area contributed by atoms with Gasteiger partial charge in [-0.15, -0.1) is 0 Å². The Morgan fingerprint density at radius 2 is 1.94 bits per heavy atom. The average Bonchev–Trinajstić information content (AvgIpc) is 2.30. The second-order valence-corrected chi connectivity index (χ2v) is 4.89. The van der Waals surface area contributed by atoms with Crippen molar-refractivity contribution in [3.05, 3.63) is 33.8 Å². The van der Waals surface area contributed by atoms with Crippen LogP contribution in [0.15, 0.2) is 22.7 Å². The van der Waals surface area contributed by atoms with E-state index in [2.05, 4.69) is 31.9 Å². The van der Waals surface area contributed by atoms with Crippen LogP contribution in [0.1, 0.15) is 29.8 Å². The van der Waals surface area contributed by atoms with Crippen LogP contribution in [0.25, 0.3) is 0 Å². The van der Waals surface area contributed by atoms with Gasteiger partial charge in [0, 0.05) is 28.5 Å². The van der Waals surface area contributed by atoms with Gasteiger partial charge < -0.3 is 4.90 Å². The number of hydrogen-bond donors (Lipinski definition) is 0. The van der Waals surface area contributed by atoms with Crippen molar-refractivity contribution in [3.8, 4) is 0 Å². The van der Waals surface area contributed by atoms with E-state index < -0.39 is 0 Å². The topological polar surface area (TPSA) is 20.3 Å². The Morgan fingerprint density at radius 1 is 1.31 bits per heavy atom. The maximum absolute atomic E-state index is 12.2. The summed E-state index contributed by atoms with van der Waals surface area (Å²) in [5.74, 6) is 0.104. The van der Waals surface area contributed by atoms with E-state index in [-0.39, 0.29) is 5.91 Å². The number of hydrogen-bond acceptors (Lipinski definition) is 1. The molecule has 0 heterocycles. The van der Waals surface area contributed by atoms with Crippen LogP contribution in [0.3, 0.4) is 0 Å². The van der Waals surface area contributed by atoms with Crippen LogP contribution in [0.2, 0.25) is 0 Å². The van der Waals surface area contributed by atoms with Gasteiger partial charge in [0.25, 0.3) is 5.91 Å². The molecule has 0 aliphatic heterocycles.